The second-order valence-electron chi connectivity index (χ2n) is 7.03. The molecule has 6 nitrogen and oxygen atoms in total. The maximum atomic E-state index is 12.3. The topological polar surface area (TPSA) is 88.3 Å². The number of carbonyl (C=O) groups excluding carboxylic acids is 2. The van der Waals surface area contributed by atoms with E-state index in [4.69, 9.17) is 4.74 Å². The standard InChI is InChI=1S/C24H20N2O4/c1-15(18-12-6-9-16-7-2-4-10-19(16)18)25-22(27)14-30-24(29)21-13-17-8-3-5-11-20(17)23(28)26-21/h2-13,15H,14H2,1H3,(H,25,27)(H,26,28)/t15-/m1/s1. The zero-order valence-electron chi connectivity index (χ0n) is 16.3. The Hall–Kier alpha value is -3.93. The first-order valence-corrected chi connectivity index (χ1v) is 9.59. The summed E-state index contributed by atoms with van der Waals surface area (Å²) < 4.78 is 5.10. The van der Waals surface area contributed by atoms with E-state index in [9.17, 15) is 14.4 Å². The van der Waals surface area contributed by atoms with Crippen molar-refractivity contribution in [3.63, 3.8) is 0 Å². The minimum atomic E-state index is -0.759. The Morgan fingerprint density at radius 1 is 0.933 bits per heavy atom. The molecule has 0 aliphatic rings. The lowest BCUT2D eigenvalue weighted by atomic mass is 10.00. The van der Waals surface area contributed by atoms with Gasteiger partial charge in [0, 0.05) is 5.39 Å². The number of aromatic nitrogens is 1. The van der Waals surface area contributed by atoms with Crippen LogP contribution in [0, 0.1) is 0 Å². The van der Waals surface area contributed by atoms with Gasteiger partial charge in [-0.05, 0) is 40.8 Å². The minimum absolute atomic E-state index is 0.00796. The third-order valence-corrected chi connectivity index (χ3v) is 4.98. The number of aromatic amines is 1. The second-order valence-corrected chi connectivity index (χ2v) is 7.03. The summed E-state index contributed by atoms with van der Waals surface area (Å²) >= 11 is 0. The molecule has 1 amide bonds. The van der Waals surface area contributed by atoms with Crippen molar-refractivity contribution in [2.45, 2.75) is 13.0 Å². The number of pyridine rings is 1. The average molecular weight is 400 g/mol. The van der Waals surface area contributed by atoms with Crippen molar-refractivity contribution in [3.05, 3.63) is 94.4 Å². The normalized spacial score (nSPS) is 11.9. The Balaban J connectivity index is 1.42. The van der Waals surface area contributed by atoms with E-state index in [-0.39, 0.29) is 17.3 Å². The van der Waals surface area contributed by atoms with Crippen LogP contribution in [-0.4, -0.2) is 23.5 Å². The third-order valence-electron chi connectivity index (χ3n) is 4.98. The average Bonchev–Trinajstić information content (AvgIpc) is 2.77. The number of H-pyrrole nitrogens is 1. The molecule has 0 bridgehead atoms. The molecule has 0 fully saturated rings. The highest BCUT2D eigenvalue weighted by Gasteiger charge is 2.16. The molecule has 150 valence electrons. The van der Waals surface area contributed by atoms with Crippen molar-refractivity contribution >= 4 is 33.4 Å². The quantitative estimate of drug-likeness (QED) is 0.500. The number of hydrogen-bond acceptors (Lipinski definition) is 4. The fourth-order valence-electron chi connectivity index (χ4n) is 3.52. The Morgan fingerprint density at radius 2 is 1.60 bits per heavy atom. The minimum Gasteiger partial charge on any atom is -0.451 e. The maximum Gasteiger partial charge on any atom is 0.355 e. The van der Waals surface area contributed by atoms with Crippen molar-refractivity contribution in [2.24, 2.45) is 0 Å². The number of nitrogens with one attached hydrogen (secondary N) is 2. The van der Waals surface area contributed by atoms with E-state index in [0.717, 1.165) is 16.3 Å². The summed E-state index contributed by atoms with van der Waals surface area (Å²) in [5.74, 6) is -1.18. The molecule has 1 heterocycles. The van der Waals surface area contributed by atoms with E-state index in [1.165, 1.54) is 6.07 Å². The lowest BCUT2D eigenvalue weighted by Gasteiger charge is -2.16. The van der Waals surface area contributed by atoms with E-state index in [0.29, 0.717) is 10.8 Å². The van der Waals surface area contributed by atoms with Crippen LogP contribution in [0.25, 0.3) is 21.5 Å². The molecule has 0 unspecified atom stereocenters. The van der Waals surface area contributed by atoms with Crippen LogP contribution in [0.5, 0.6) is 0 Å². The summed E-state index contributed by atoms with van der Waals surface area (Å²) in [6, 6.07) is 22.1. The number of hydrogen-bond donors (Lipinski definition) is 2. The van der Waals surface area contributed by atoms with E-state index in [1.54, 1.807) is 24.3 Å². The van der Waals surface area contributed by atoms with Gasteiger partial charge in [-0.3, -0.25) is 9.59 Å². The predicted molar refractivity (Wildman–Crippen MR) is 115 cm³/mol. The van der Waals surface area contributed by atoms with Crippen LogP contribution < -0.4 is 10.9 Å². The Bertz CT molecular complexity index is 1300. The van der Waals surface area contributed by atoms with Gasteiger partial charge in [0.1, 0.15) is 5.69 Å². The van der Waals surface area contributed by atoms with E-state index >= 15 is 0 Å². The molecule has 4 aromatic rings. The van der Waals surface area contributed by atoms with Gasteiger partial charge in [0.2, 0.25) is 0 Å². The smallest absolute Gasteiger partial charge is 0.355 e. The Labute approximate surface area is 172 Å². The van der Waals surface area contributed by atoms with Gasteiger partial charge >= 0.3 is 5.97 Å². The van der Waals surface area contributed by atoms with Crippen LogP contribution in [0.1, 0.15) is 29.0 Å². The van der Waals surface area contributed by atoms with E-state index in [1.807, 2.05) is 49.4 Å². The lowest BCUT2D eigenvalue weighted by molar-refractivity contribution is -0.124. The van der Waals surface area contributed by atoms with Crippen molar-refractivity contribution in [1.29, 1.82) is 0 Å². The van der Waals surface area contributed by atoms with Crippen LogP contribution >= 0.6 is 0 Å². The highest BCUT2D eigenvalue weighted by molar-refractivity contribution is 5.94. The number of rotatable bonds is 5. The molecule has 0 aliphatic carbocycles. The summed E-state index contributed by atoms with van der Waals surface area (Å²) in [6.45, 7) is 1.44. The summed E-state index contributed by atoms with van der Waals surface area (Å²) in [4.78, 5) is 39.2. The van der Waals surface area contributed by atoms with Crippen molar-refractivity contribution in [3.8, 4) is 0 Å². The summed E-state index contributed by atoms with van der Waals surface area (Å²) in [6.07, 6.45) is 0. The van der Waals surface area contributed by atoms with Gasteiger partial charge in [0.05, 0.1) is 6.04 Å². The SMILES string of the molecule is C[C@@H](NC(=O)COC(=O)c1cc2ccccc2c(=O)[nH]1)c1cccc2ccccc12. The molecule has 30 heavy (non-hydrogen) atoms. The fraction of sp³-hybridized carbons (Fsp3) is 0.125. The van der Waals surface area contributed by atoms with Crippen molar-refractivity contribution in [2.75, 3.05) is 6.61 Å². The maximum absolute atomic E-state index is 12.3. The molecule has 2 N–H and O–H groups in total. The van der Waals surface area contributed by atoms with Gasteiger partial charge < -0.3 is 15.0 Å². The van der Waals surface area contributed by atoms with Crippen LogP contribution in [-0.2, 0) is 9.53 Å². The number of ether oxygens (including phenoxy) is 1. The van der Waals surface area contributed by atoms with Crippen LogP contribution in [0.4, 0.5) is 0 Å². The number of esters is 1. The molecule has 1 atom stereocenters. The van der Waals surface area contributed by atoms with Crippen LogP contribution in [0.3, 0.4) is 0 Å². The largest absolute Gasteiger partial charge is 0.451 e. The molecular weight excluding hydrogens is 380 g/mol. The third kappa shape index (κ3) is 3.93. The first kappa shape index (κ1) is 19.4. The van der Waals surface area contributed by atoms with Crippen molar-refractivity contribution < 1.29 is 14.3 Å². The highest BCUT2D eigenvalue weighted by atomic mass is 16.5. The monoisotopic (exact) mass is 400 g/mol. The summed E-state index contributed by atoms with van der Waals surface area (Å²) in [5, 5.41) is 6.10. The van der Waals surface area contributed by atoms with Gasteiger partial charge in [0.15, 0.2) is 6.61 Å². The number of carbonyl (C=O) groups is 2. The van der Waals surface area contributed by atoms with Gasteiger partial charge in [-0.25, -0.2) is 4.79 Å². The molecule has 4 rings (SSSR count). The molecule has 6 heteroatoms. The number of benzene rings is 3. The zero-order valence-corrected chi connectivity index (χ0v) is 16.3. The fourth-order valence-corrected chi connectivity index (χ4v) is 3.52. The van der Waals surface area contributed by atoms with Gasteiger partial charge in [-0.1, -0.05) is 60.7 Å². The second kappa shape index (κ2) is 8.21. The van der Waals surface area contributed by atoms with Crippen LogP contribution in [0.2, 0.25) is 0 Å². The molecule has 0 saturated heterocycles. The van der Waals surface area contributed by atoms with E-state index < -0.39 is 18.5 Å². The van der Waals surface area contributed by atoms with Crippen molar-refractivity contribution in [1.82, 2.24) is 10.3 Å². The molecule has 3 aromatic carbocycles. The zero-order chi connectivity index (χ0) is 21.1. The van der Waals surface area contributed by atoms with Gasteiger partial charge in [-0.15, -0.1) is 0 Å². The van der Waals surface area contributed by atoms with E-state index in [2.05, 4.69) is 10.3 Å². The molecule has 1 aromatic heterocycles. The lowest BCUT2D eigenvalue weighted by Crippen LogP contribution is -2.31. The first-order chi connectivity index (χ1) is 14.5. The van der Waals surface area contributed by atoms with Gasteiger partial charge in [0.25, 0.3) is 11.5 Å². The summed E-state index contributed by atoms with van der Waals surface area (Å²) in [5.41, 5.74) is 0.606. The molecule has 0 saturated carbocycles. The molecule has 0 radical (unpaired) electrons. The molecule has 0 aliphatic heterocycles. The number of amides is 1. The molecular formula is C24H20N2O4. The van der Waals surface area contributed by atoms with Gasteiger partial charge in [-0.2, -0.15) is 0 Å². The first-order valence-electron chi connectivity index (χ1n) is 9.59. The van der Waals surface area contributed by atoms with Crippen LogP contribution in [0.15, 0.2) is 77.6 Å². The number of fused-ring (bicyclic) bond motifs is 2. The predicted octanol–water partition coefficient (Wildman–Crippen LogP) is 3.72. The Morgan fingerprint density at radius 3 is 2.40 bits per heavy atom. The Kier molecular flexibility index (Phi) is 5.30. The molecule has 0 spiro atoms. The summed E-state index contributed by atoms with van der Waals surface area (Å²) in [7, 11) is 0. The highest BCUT2D eigenvalue weighted by Crippen LogP contribution is 2.24.